The molecule has 0 spiro atoms. The monoisotopic (exact) mass is 326 g/mol. The van der Waals surface area contributed by atoms with E-state index in [2.05, 4.69) is 27.1 Å². The van der Waals surface area contributed by atoms with Crippen molar-refractivity contribution < 1.29 is 4.39 Å². The van der Waals surface area contributed by atoms with E-state index in [0.29, 0.717) is 29.5 Å². The average molecular weight is 326 g/mol. The van der Waals surface area contributed by atoms with E-state index in [1.54, 1.807) is 25.4 Å². The Morgan fingerprint density at radius 2 is 1.83 bits per heavy atom. The average Bonchev–Trinajstić information content (AvgIpc) is 2.61. The zero-order valence-electron chi connectivity index (χ0n) is 14.2. The molecule has 0 saturated carbocycles. The molecule has 1 aromatic carbocycles. The van der Waals surface area contributed by atoms with E-state index >= 15 is 0 Å². The van der Waals surface area contributed by atoms with Gasteiger partial charge in [-0.3, -0.25) is 4.90 Å². The predicted octanol–water partition coefficient (Wildman–Crippen LogP) is 3.49. The number of nitrogens with one attached hydrogen (secondary N) is 1. The first-order valence-electron chi connectivity index (χ1n) is 8.71. The van der Waals surface area contributed by atoms with Crippen LogP contribution in [0.15, 0.2) is 30.6 Å². The van der Waals surface area contributed by atoms with E-state index in [0.717, 1.165) is 11.1 Å². The summed E-state index contributed by atoms with van der Waals surface area (Å²) in [6.07, 6.45) is 6.04. The van der Waals surface area contributed by atoms with Gasteiger partial charge in [-0.1, -0.05) is 12.1 Å². The Bertz CT molecular complexity index is 721. The Labute approximate surface area is 142 Å². The molecule has 3 fully saturated rings. The number of rotatable bonds is 3. The molecule has 3 aliphatic rings. The topological polar surface area (TPSA) is 41.1 Å². The van der Waals surface area contributed by atoms with Crippen LogP contribution in [0.3, 0.4) is 0 Å². The van der Waals surface area contributed by atoms with Crippen LogP contribution in [0.4, 0.5) is 10.3 Å². The Kier molecular flexibility index (Phi) is 3.96. The molecular formula is C19H23FN4. The largest absolute Gasteiger partial charge is 0.350 e. The fraction of sp³-hybridized carbons (Fsp3) is 0.474. The molecule has 24 heavy (non-hydrogen) atoms. The van der Waals surface area contributed by atoms with Gasteiger partial charge >= 0.3 is 0 Å². The van der Waals surface area contributed by atoms with Gasteiger partial charge in [0.15, 0.2) is 0 Å². The van der Waals surface area contributed by atoms with Gasteiger partial charge < -0.3 is 5.32 Å². The molecule has 3 aliphatic heterocycles. The van der Waals surface area contributed by atoms with Crippen LogP contribution in [-0.4, -0.2) is 40.0 Å². The second kappa shape index (κ2) is 6.13. The standard InChI is InChI=1S/C19H23FN4/c1-12-3-4-15(9-17(12)20)16-10-21-19(22-11-16)23-18-13(2)24-7-5-14(18)6-8-24/h3-4,9-11,13-14,18H,5-8H2,1-2H3,(H,21,22,23). The SMILES string of the molecule is Cc1ccc(-c2cnc(NC3C4CCN(CC4)C3C)nc2)cc1F. The van der Waals surface area contributed by atoms with E-state index in [1.165, 1.54) is 32.0 Å². The van der Waals surface area contributed by atoms with Crippen molar-refractivity contribution >= 4 is 5.95 Å². The lowest BCUT2D eigenvalue weighted by molar-refractivity contribution is 0.0455. The van der Waals surface area contributed by atoms with E-state index in [9.17, 15) is 4.39 Å². The maximum Gasteiger partial charge on any atom is 0.222 e. The van der Waals surface area contributed by atoms with Crippen LogP contribution in [0.1, 0.15) is 25.3 Å². The van der Waals surface area contributed by atoms with Crippen molar-refractivity contribution in [2.75, 3.05) is 18.4 Å². The maximum atomic E-state index is 13.7. The molecule has 5 rings (SSSR count). The fourth-order valence-corrected chi connectivity index (χ4v) is 4.02. The lowest BCUT2D eigenvalue weighted by atomic mass is 9.79. The molecule has 2 atom stereocenters. The summed E-state index contributed by atoms with van der Waals surface area (Å²) in [4.78, 5) is 11.5. The van der Waals surface area contributed by atoms with E-state index in [1.807, 2.05) is 6.07 Å². The van der Waals surface area contributed by atoms with Gasteiger partial charge in [0.1, 0.15) is 5.82 Å². The molecule has 0 aliphatic carbocycles. The maximum absolute atomic E-state index is 13.7. The zero-order chi connectivity index (χ0) is 16.7. The molecule has 5 heteroatoms. The molecule has 1 N–H and O–H groups in total. The Hall–Kier alpha value is -2.01. The molecule has 2 unspecified atom stereocenters. The van der Waals surface area contributed by atoms with Crippen LogP contribution in [0.5, 0.6) is 0 Å². The molecular weight excluding hydrogens is 303 g/mol. The van der Waals surface area contributed by atoms with Gasteiger partial charge in [0.05, 0.1) is 0 Å². The zero-order valence-corrected chi connectivity index (χ0v) is 14.2. The van der Waals surface area contributed by atoms with Crippen molar-refractivity contribution in [2.24, 2.45) is 5.92 Å². The number of piperidine rings is 3. The van der Waals surface area contributed by atoms with Crippen LogP contribution in [-0.2, 0) is 0 Å². The van der Waals surface area contributed by atoms with Crippen LogP contribution in [0.2, 0.25) is 0 Å². The van der Waals surface area contributed by atoms with Crippen molar-refractivity contribution in [3.05, 3.63) is 42.0 Å². The van der Waals surface area contributed by atoms with Crippen molar-refractivity contribution in [1.82, 2.24) is 14.9 Å². The van der Waals surface area contributed by atoms with Gasteiger partial charge in [-0.25, -0.2) is 14.4 Å². The van der Waals surface area contributed by atoms with Gasteiger partial charge in [-0.15, -0.1) is 0 Å². The third-order valence-electron chi connectivity index (χ3n) is 5.63. The molecule has 2 bridgehead atoms. The second-order valence-electron chi connectivity index (χ2n) is 7.04. The van der Waals surface area contributed by atoms with Gasteiger partial charge in [0.2, 0.25) is 5.95 Å². The first-order valence-corrected chi connectivity index (χ1v) is 8.71. The van der Waals surface area contributed by atoms with Gasteiger partial charge in [-0.05, 0) is 62.9 Å². The molecule has 0 radical (unpaired) electrons. The summed E-state index contributed by atoms with van der Waals surface area (Å²) in [5, 5.41) is 3.52. The van der Waals surface area contributed by atoms with Crippen molar-refractivity contribution in [2.45, 2.75) is 38.8 Å². The number of hydrogen-bond donors (Lipinski definition) is 1. The summed E-state index contributed by atoms with van der Waals surface area (Å²) in [5.74, 6) is 1.17. The van der Waals surface area contributed by atoms with Gasteiger partial charge in [-0.2, -0.15) is 0 Å². The van der Waals surface area contributed by atoms with E-state index < -0.39 is 0 Å². The first kappa shape index (κ1) is 15.5. The Morgan fingerprint density at radius 1 is 1.12 bits per heavy atom. The van der Waals surface area contributed by atoms with Gasteiger partial charge in [0, 0.05) is 30.0 Å². The minimum Gasteiger partial charge on any atom is -0.350 e. The summed E-state index contributed by atoms with van der Waals surface area (Å²) < 4.78 is 13.7. The van der Waals surface area contributed by atoms with E-state index in [-0.39, 0.29) is 5.82 Å². The highest BCUT2D eigenvalue weighted by molar-refractivity contribution is 5.62. The quantitative estimate of drug-likeness (QED) is 0.937. The molecule has 4 nitrogen and oxygen atoms in total. The molecule has 2 aromatic rings. The minimum absolute atomic E-state index is 0.198. The fourth-order valence-electron chi connectivity index (χ4n) is 4.02. The first-order chi connectivity index (χ1) is 11.6. The summed E-state index contributed by atoms with van der Waals surface area (Å²) in [6, 6.07) is 6.16. The van der Waals surface area contributed by atoms with Crippen molar-refractivity contribution in [1.29, 1.82) is 0 Å². The molecule has 1 aromatic heterocycles. The lowest BCUT2D eigenvalue weighted by Crippen LogP contribution is -2.59. The number of fused-ring (bicyclic) bond motifs is 3. The Morgan fingerprint density at radius 3 is 2.46 bits per heavy atom. The predicted molar refractivity (Wildman–Crippen MR) is 93.3 cm³/mol. The number of halogens is 1. The summed E-state index contributed by atoms with van der Waals surface area (Å²) in [7, 11) is 0. The highest BCUT2D eigenvalue weighted by atomic mass is 19.1. The number of nitrogens with zero attached hydrogens (tertiary/aromatic N) is 3. The highest BCUT2D eigenvalue weighted by Crippen LogP contribution is 2.33. The molecule has 0 amide bonds. The second-order valence-corrected chi connectivity index (χ2v) is 7.04. The van der Waals surface area contributed by atoms with Crippen molar-refractivity contribution in [3.63, 3.8) is 0 Å². The van der Waals surface area contributed by atoms with Crippen LogP contribution in [0.25, 0.3) is 11.1 Å². The third-order valence-corrected chi connectivity index (χ3v) is 5.63. The molecule has 4 heterocycles. The van der Waals surface area contributed by atoms with Gasteiger partial charge in [0.25, 0.3) is 0 Å². The minimum atomic E-state index is -0.198. The Balaban J connectivity index is 1.50. The molecule has 126 valence electrons. The highest BCUT2D eigenvalue weighted by Gasteiger charge is 2.39. The summed E-state index contributed by atoms with van der Waals surface area (Å²) in [6.45, 7) is 6.47. The van der Waals surface area contributed by atoms with Crippen LogP contribution in [0, 0.1) is 18.7 Å². The lowest BCUT2D eigenvalue weighted by Gasteiger charge is -2.49. The summed E-state index contributed by atoms with van der Waals surface area (Å²) >= 11 is 0. The van der Waals surface area contributed by atoms with Crippen molar-refractivity contribution in [3.8, 4) is 11.1 Å². The van der Waals surface area contributed by atoms with Crippen LogP contribution >= 0.6 is 0 Å². The number of anilines is 1. The normalized spacial score (nSPS) is 28.8. The molecule has 3 saturated heterocycles. The summed E-state index contributed by atoms with van der Waals surface area (Å²) in [5.41, 5.74) is 2.29. The number of hydrogen-bond acceptors (Lipinski definition) is 4. The van der Waals surface area contributed by atoms with Crippen LogP contribution < -0.4 is 5.32 Å². The number of aryl methyl sites for hydroxylation is 1. The number of aromatic nitrogens is 2. The van der Waals surface area contributed by atoms with E-state index in [4.69, 9.17) is 0 Å². The smallest absolute Gasteiger partial charge is 0.222 e. The third kappa shape index (κ3) is 2.77. The number of benzene rings is 1.